The normalized spacial score (nSPS) is 9.29. The van der Waals surface area contributed by atoms with Gasteiger partial charge in [-0.1, -0.05) is 17.7 Å². The van der Waals surface area contributed by atoms with Crippen LogP contribution in [0.15, 0.2) is 24.3 Å². The van der Waals surface area contributed by atoms with Gasteiger partial charge in [0.2, 0.25) is 0 Å². The highest BCUT2D eigenvalue weighted by Gasteiger charge is 2.01. The molecule has 6 heteroatoms. The van der Waals surface area contributed by atoms with E-state index in [1.165, 1.54) is 0 Å². The molecular formula is C11H16Cl2N2O2. The molecule has 96 valence electrons. The first kappa shape index (κ1) is 16.0. The minimum Gasteiger partial charge on any atom is -0.484 e. The Morgan fingerprint density at radius 3 is 2.82 bits per heavy atom. The number of carbonyl (C=O) groups is 1. The van der Waals surface area contributed by atoms with Gasteiger partial charge in [-0.25, -0.2) is 0 Å². The van der Waals surface area contributed by atoms with Crippen LogP contribution in [0.5, 0.6) is 5.75 Å². The van der Waals surface area contributed by atoms with Gasteiger partial charge in [0, 0.05) is 18.1 Å². The molecule has 0 radical (unpaired) electrons. The van der Waals surface area contributed by atoms with Crippen molar-refractivity contribution in [1.29, 1.82) is 0 Å². The van der Waals surface area contributed by atoms with Gasteiger partial charge in [0.15, 0.2) is 6.61 Å². The molecule has 1 rings (SSSR count). The number of ether oxygens (including phenoxy) is 1. The molecule has 2 N–H and O–H groups in total. The lowest BCUT2D eigenvalue weighted by Gasteiger charge is -2.07. The number of halogens is 2. The van der Waals surface area contributed by atoms with Crippen LogP contribution < -0.4 is 15.4 Å². The van der Waals surface area contributed by atoms with Gasteiger partial charge in [0.1, 0.15) is 5.75 Å². The van der Waals surface area contributed by atoms with E-state index in [1.807, 2.05) is 7.05 Å². The molecule has 0 aliphatic heterocycles. The lowest BCUT2D eigenvalue weighted by Crippen LogP contribution is -2.33. The number of benzene rings is 1. The Labute approximate surface area is 112 Å². The largest absolute Gasteiger partial charge is 0.484 e. The molecular weight excluding hydrogens is 263 g/mol. The Hall–Kier alpha value is -0.970. The first-order chi connectivity index (χ1) is 7.72. The highest BCUT2D eigenvalue weighted by Crippen LogP contribution is 2.16. The average molecular weight is 279 g/mol. The van der Waals surface area contributed by atoms with Gasteiger partial charge < -0.3 is 15.4 Å². The van der Waals surface area contributed by atoms with Gasteiger partial charge in [0.05, 0.1) is 0 Å². The summed E-state index contributed by atoms with van der Waals surface area (Å²) >= 11 is 5.77. The van der Waals surface area contributed by atoms with E-state index in [4.69, 9.17) is 16.3 Å². The van der Waals surface area contributed by atoms with Crippen molar-refractivity contribution in [2.24, 2.45) is 0 Å². The molecule has 0 bridgehead atoms. The summed E-state index contributed by atoms with van der Waals surface area (Å²) in [4.78, 5) is 11.3. The van der Waals surface area contributed by atoms with Gasteiger partial charge in [0.25, 0.3) is 5.91 Å². The number of carbonyl (C=O) groups excluding carboxylic acids is 1. The topological polar surface area (TPSA) is 50.4 Å². The summed E-state index contributed by atoms with van der Waals surface area (Å²) in [5.74, 6) is 0.450. The fourth-order valence-corrected chi connectivity index (χ4v) is 1.26. The molecule has 0 saturated carbocycles. The SMILES string of the molecule is CNCCNC(=O)COc1cccc(Cl)c1.Cl. The number of rotatable bonds is 6. The number of likely N-dealkylation sites (N-methyl/N-ethyl adjacent to an activating group) is 1. The maximum Gasteiger partial charge on any atom is 0.257 e. The second-order valence-electron chi connectivity index (χ2n) is 3.20. The second kappa shape index (κ2) is 9.10. The molecule has 0 fully saturated rings. The third-order valence-corrected chi connectivity index (χ3v) is 2.10. The summed E-state index contributed by atoms with van der Waals surface area (Å²) in [7, 11) is 1.83. The summed E-state index contributed by atoms with van der Waals surface area (Å²) in [6.07, 6.45) is 0. The number of amides is 1. The van der Waals surface area contributed by atoms with Crippen LogP contribution in [-0.4, -0.2) is 32.7 Å². The van der Waals surface area contributed by atoms with E-state index in [2.05, 4.69) is 10.6 Å². The Balaban J connectivity index is 0.00000256. The van der Waals surface area contributed by atoms with Crippen molar-refractivity contribution >= 4 is 29.9 Å². The van der Waals surface area contributed by atoms with Crippen molar-refractivity contribution in [3.05, 3.63) is 29.3 Å². The molecule has 0 aromatic heterocycles. The molecule has 1 amide bonds. The summed E-state index contributed by atoms with van der Waals surface area (Å²) in [6, 6.07) is 6.95. The van der Waals surface area contributed by atoms with Gasteiger partial charge in [-0.15, -0.1) is 12.4 Å². The molecule has 1 aromatic carbocycles. The van der Waals surface area contributed by atoms with Crippen molar-refractivity contribution in [2.75, 3.05) is 26.7 Å². The maximum atomic E-state index is 11.3. The summed E-state index contributed by atoms with van der Waals surface area (Å²) in [6.45, 7) is 1.33. The van der Waals surface area contributed by atoms with Crippen LogP contribution in [0.2, 0.25) is 5.02 Å². The monoisotopic (exact) mass is 278 g/mol. The number of hydrogen-bond donors (Lipinski definition) is 2. The predicted molar refractivity (Wildman–Crippen MR) is 71.1 cm³/mol. The zero-order valence-corrected chi connectivity index (χ0v) is 11.1. The zero-order chi connectivity index (χ0) is 11.8. The highest BCUT2D eigenvalue weighted by molar-refractivity contribution is 6.30. The van der Waals surface area contributed by atoms with Crippen molar-refractivity contribution in [3.8, 4) is 5.75 Å². The van der Waals surface area contributed by atoms with Crippen LogP contribution in [0.3, 0.4) is 0 Å². The third-order valence-electron chi connectivity index (χ3n) is 1.86. The van der Waals surface area contributed by atoms with E-state index in [-0.39, 0.29) is 24.9 Å². The Kier molecular flexibility index (Phi) is 8.58. The van der Waals surface area contributed by atoms with E-state index in [0.29, 0.717) is 17.3 Å². The van der Waals surface area contributed by atoms with E-state index in [0.717, 1.165) is 6.54 Å². The maximum absolute atomic E-state index is 11.3. The molecule has 0 atom stereocenters. The first-order valence-corrected chi connectivity index (χ1v) is 5.40. The number of hydrogen-bond acceptors (Lipinski definition) is 3. The third kappa shape index (κ3) is 7.05. The van der Waals surface area contributed by atoms with Crippen LogP contribution in [-0.2, 0) is 4.79 Å². The Bertz CT molecular complexity index is 348. The lowest BCUT2D eigenvalue weighted by molar-refractivity contribution is -0.123. The van der Waals surface area contributed by atoms with E-state index >= 15 is 0 Å². The van der Waals surface area contributed by atoms with Gasteiger partial charge in [-0.3, -0.25) is 4.79 Å². The molecule has 1 aromatic rings. The zero-order valence-electron chi connectivity index (χ0n) is 9.53. The van der Waals surface area contributed by atoms with Gasteiger partial charge >= 0.3 is 0 Å². The molecule has 0 aliphatic rings. The molecule has 0 heterocycles. The molecule has 0 unspecified atom stereocenters. The smallest absolute Gasteiger partial charge is 0.257 e. The van der Waals surface area contributed by atoms with E-state index < -0.39 is 0 Å². The first-order valence-electron chi connectivity index (χ1n) is 5.02. The average Bonchev–Trinajstić information content (AvgIpc) is 2.27. The standard InChI is InChI=1S/C11H15ClN2O2.ClH/c1-13-5-6-14-11(15)8-16-10-4-2-3-9(12)7-10;/h2-4,7,13H,5-6,8H2,1H3,(H,14,15);1H. The fraction of sp³-hybridized carbons (Fsp3) is 0.364. The van der Waals surface area contributed by atoms with E-state index in [1.54, 1.807) is 24.3 Å². The Morgan fingerprint density at radius 1 is 1.41 bits per heavy atom. The Morgan fingerprint density at radius 2 is 2.18 bits per heavy atom. The van der Waals surface area contributed by atoms with Gasteiger partial charge in [-0.05, 0) is 25.2 Å². The summed E-state index contributed by atoms with van der Waals surface area (Å²) < 4.78 is 5.26. The van der Waals surface area contributed by atoms with Crippen LogP contribution in [0.1, 0.15) is 0 Å². The van der Waals surface area contributed by atoms with Crippen molar-refractivity contribution in [2.45, 2.75) is 0 Å². The highest BCUT2D eigenvalue weighted by atomic mass is 35.5. The van der Waals surface area contributed by atoms with E-state index in [9.17, 15) is 4.79 Å². The molecule has 0 aliphatic carbocycles. The summed E-state index contributed by atoms with van der Waals surface area (Å²) in [5, 5.41) is 6.23. The summed E-state index contributed by atoms with van der Waals surface area (Å²) in [5.41, 5.74) is 0. The minimum absolute atomic E-state index is 0. The van der Waals surface area contributed by atoms with Gasteiger partial charge in [-0.2, -0.15) is 0 Å². The molecule has 0 saturated heterocycles. The lowest BCUT2D eigenvalue weighted by atomic mass is 10.3. The van der Waals surface area contributed by atoms with Crippen molar-refractivity contribution in [1.82, 2.24) is 10.6 Å². The molecule has 17 heavy (non-hydrogen) atoms. The minimum atomic E-state index is -0.143. The predicted octanol–water partition coefficient (Wildman–Crippen LogP) is 1.48. The molecule has 0 spiro atoms. The van der Waals surface area contributed by atoms with Crippen LogP contribution in [0.25, 0.3) is 0 Å². The van der Waals surface area contributed by atoms with Crippen LogP contribution >= 0.6 is 24.0 Å². The van der Waals surface area contributed by atoms with Crippen LogP contribution in [0.4, 0.5) is 0 Å². The fourth-order valence-electron chi connectivity index (χ4n) is 1.08. The number of nitrogens with one attached hydrogen (secondary N) is 2. The second-order valence-corrected chi connectivity index (χ2v) is 3.64. The molecule has 4 nitrogen and oxygen atoms in total. The van der Waals surface area contributed by atoms with Crippen molar-refractivity contribution in [3.63, 3.8) is 0 Å². The quantitative estimate of drug-likeness (QED) is 0.775. The van der Waals surface area contributed by atoms with Crippen molar-refractivity contribution < 1.29 is 9.53 Å². The van der Waals surface area contributed by atoms with Crippen LogP contribution in [0, 0.1) is 0 Å².